The highest BCUT2D eigenvalue weighted by atomic mass is 35.5. The molecule has 1 heterocycles. The number of carbonyl (C=O) groups is 1. The number of allylic oxidation sites excluding steroid dienone is 1. The van der Waals surface area contributed by atoms with Crippen molar-refractivity contribution in [1.29, 1.82) is 0 Å². The van der Waals surface area contributed by atoms with E-state index < -0.39 is 0 Å². The molecular weight excluding hydrogens is 313 g/mol. The van der Waals surface area contributed by atoms with Gasteiger partial charge in [-0.05, 0) is 37.5 Å². The van der Waals surface area contributed by atoms with Gasteiger partial charge in [0.1, 0.15) is 0 Å². The molecule has 1 aromatic carbocycles. The van der Waals surface area contributed by atoms with Crippen LogP contribution in [0.1, 0.15) is 29.6 Å². The Bertz CT molecular complexity index is 540. The number of hydrogen-bond acceptors (Lipinski definition) is 4. The Hall–Kier alpha value is -1.07. The van der Waals surface area contributed by atoms with Crippen LogP contribution in [0.25, 0.3) is 0 Å². The smallest absolute Gasteiger partial charge is 0.187 e. The van der Waals surface area contributed by atoms with E-state index in [-0.39, 0.29) is 18.7 Å². The predicted molar refractivity (Wildman–Crippen MR) is 82.6 cm³/mol. The van der Waals surface area contributed by atoms with E-state index in [1.165, 1.54) is 12.1 Å². The second-order valence-electron chi connectivity index (χ2n) is 4.82. The van der Waals surface area contributed by atoms with E-state index in [2.05, 4.69) is 0 Å². The molecule has 2 rings (SSSR count). The number of rotatable bonds is 5. The minimum absolute atomic E-state index is 0.164. The largest absolute Gasteiger partial charge is 0.400 e. The van der Waals surface area contributed by atoms with Gasteiger partial charge in [-0.15, -0.1) is 0 Å². The number of ketones is 1. The van der Waals surface area contributed by atoms with E-state index in [0.29, 0.717) is 27.9 Å². The number of benzene rings is 1. The fourth-order valence-electron chi connectivity index (χ4n) is 1.97. The summed E-state index contributed by atoms with van der Waals surface area (Å²) in [4.78, 5) is 12.0. The predicted octanol–water partition coefficient (Wildman–Crippen LogP) is 3.56. The van der Waals surface area contributed by atoms with Crippen molar-refractivity contribution in [3.63, 3.8) is 0 Å². The third-order valence-electron chi connectivity index (χ3n) is 3.09. The van der Waals surface area contributed by atoms with Crippen LogP contribution in [-0.4, -0.2) is 25.3 Å². The Balaban J connectivity index is 1.91. The third-order valence-corrected chi connectivity index (χ3v) is 3.83. The van der Waals surface area contributed by atoms with Crippen molar-refractivity contribution in [1.82, 2.24) is 0 Å². The minimum Gasteiger partial charge on any atom is -0.400 e. The number of hydrogen-bond donors (Lipinski definition) is 1. The lowest BCUT2D eigenvalue weighted by Gasteiger charge is -2.22. The zero-order valence-corrected chi connectivity index (χ0v) is 13.0. The lowest BCUT2D eigenvalue weighted by atomic mass is 10.1. The molecule has 0 spiro atoms. The molecule has 1 unspecified atom stereocenters. The van der Waals surface area contributed by atoms with Gasteiger partial charge in [0.05, 0.1) is 16.7 Å². The summed E-state index contributed by atoms with van der Waals surface area (Å²) in [5, 5.41) is 0.740. The second-order valence-corrected chi connectivity index (χ2v) is 5.63. The van der Waals surface area contributed by atoms with Gasteiger partial charge in [-0.3, -0.25) is 4.79 Å². The fraction of sp³-hybridized carbons (Fsp3) is 0.400. The first-order valence-electron chi connectivity index (χ1n) is 6.75. The Morgan fingerprint density at radius 2 is 2.19 bits per heavy atom. The molecule has 0 aromatic heterocycles. The molecule has 1 saturated heterocycles. The first-order chi connectivity index (χ1) is 10.1. The summed E-state index contributed by atoms with van der Waals surface area (Å²) in [5.41, 5.74) is 6.58. The van der Waals surface area contributed by atoms with Crippen LogP contribution in [0.2, 0.25) is 10.0 Å². The van der Waals surface area contributed by atoms with Gasteiger partial charge in [-0.1, -0.05) is 23.2 Å². The molecule has 0 saturated carbocycles. The number of ether oxygens (including phenoxy) is 2. The SMILES string of the molecule is N/C(=C\C(=O)c1ccc(Cl)c(Cl)c1)COC1CCCCO1. The van der Waals surface area contributed by atoms with Crippen molar-refractivity contribution in [2.75, 3.05) is 13.2 Å². The molecule has 0 radical (unpaired) electrons. The highest BCUT2D eigenvalue weighted by Gasteiger charge is 2.14. The van der Waals surface area contributed by atoms with Crippen LogP contribution in [0.15, 0.2) is 30.0 Å². The molecule has 1 aromatic rings. The number of carbonyl (C=O) groups excluding carboxylic acids is 1. The van der Waals surface area contributed by atoms with Crippen molar-refractivity contribution in [3.8, 4) is 0 Å². The van der Waals surface area contributed by atoms with Gasteiger partial charge in [0.25, 0.3) is 0 Å². The van der Waals surface area contributed by atoms with Crippen molar-refractivity contribution in [2.45, 2.75) is 25.6 Å². The zero-order valence-electron chi connectivity index (χ0n) is 11.5. The first-order valence-corrected chi connectivity index (χ1v) is 7.50. The Morgan fingerprint density at radius 3 is 2.86 bits per heavy atom. The van der Waals surface area contributed by atoms with Gasteiger partial charge in [0.2, 0.25) is 0 Å². The average Bonchev–Trinajstić information content (AvgIpc) is 2.49. The van der Waals surface area contributed by atoms with Crippen molar-refractivity contribution in [2.24, 2.45) is 5.73 Å². The summed E-state index contributed by atoms with van der Waals surface area (Å²) < 4.78 is 10.9. The van der Waals surface area contributed by atoms with Crippen LogP contribution < -0.4 is 5.73 Å². The standard InChI is InChI=1S/C15H17Cl2NO3/c16-12-5-4-10(7-13(12)17)14(19)8-11(18)9-21-15-3-1-2-6-20-15/h4-5,7-8,15H,1-3,6,9,18H2/b11-8-. The molecule has 0 amide bonds. The maximum atomic E-state index is 12.0. The van der Waals surface area contributed by atoms with E-state index in [0.717, 1.165) is 19.3 Å². The van der Waals surface area contributed by atoms with Gasteiger partial charge in [-0.2, -0.15) is 0 Å². The molecule has 21 heavy (non-hydrogen) atoms. The summed E-state index contributed by atoms with van der Waals surface area (Å²) in [6, 6.07) is 4.69. The number of nitrogens with two attached hydrogens (primary N) is 1. The highest BCUT2D eigenvalue weighted by Crippen LogP contribution is 2.23. The minimum atomic E-state index is -0.237. The summed E-state index contributed by atoms with van der Waals surface area (Å²) in [5.74, 6) is -0.237. The van der Waals surface area contributed by atoms with E-state index in [1.807, 2.05) is 0 Å². The highest BCUT2D eigenvalue weighted by molar-refractivity contribution is 6.42. The van der Waals surface area contributed by atoms with Gasteiger partial charge < -0.3 is 15.2 Å². The molecular formula is C15H17Cl2NO3. The molecule has 0 aliphatic carbocycles. The molecule has 0 bridgehead atoms. The molecule has 2 N–H and O–H groups in total. The second kappa shape index (κ2) is 7.80. The van der Waals surface area contributed by atoms with Crippen LogP contribution in [0.3, 0.4) is 0 Å². The molecule has 1 atom stereocenters. The van der Waals surface area contributed by atoms with Crippen molar-refractivity contribution >= 4 is 29.0 Å². The van der Waals surface area contributed by atoms with Gasteiger partial charge >= 0.3 is 0 Å². The maximum absolute atomic E-state index is 12.0. The molecule has 6 heteroatoms. The van der Waals surface area contributed by atoms with E-state index >= 15 is 0 Å². The maximum Gasteiger partial charge on any atom is 0.187 e. The zero-order chi connectivity index (χ0) is 15.2. The Kier molecular flexibility index (Phi) is 6.06. The van der Waals surface area contributed by atoms with E-state index in [4.69, 9.17) is 38.4 Å². The third kappa shape index (κ3) is 5.00. The molecule has 1 aliphatic rings. The number of halogens is 2. The lowest BCUT2D eigenvalue weighted by molar-refractivity contribution is -0.157. The quantitative estimate of drug-likeness (QED) is 0.662. The summed E-state index contributed by atoms with van der Waals surface area (Å²) >= 11 is 11.7. The molecule has 1 fully saturated rings. The summed E-state index contributed by atoms with van der Waals surface area (Å²) in [7, 11) is 0. The lowest BCUT2D eigenvalue weighted by Crippen LogP contribution is -2.24. The van der Waals surface area contributed by atoms with Crippen LogP contribution in [0.4, 0.5) is 0 Å². The van der Waals surface area contributed by atoms with Gasteiger partial charge in [0.15, 0.2) is 12.1 Å². The average molecular weight is 330 g/mol. The molecule has 114 valence electrons. The normalized spacial score (nSPS) is 19.5. The van der Waals surface area contributed by atoms with Crippen LogP contribution in [0, 0.1) is 0 Å². The summed E-state index contributed by atoms with van der Waals surface area (Å²) in [6.45, 7) is 0.869. The Labute approximate surface area is 133 Å². The van der Waals surface area contributed by atoms with Gasteiger partial charge in [-0.25, -0.2) is 0 Å². The Morgan fingerprint density at radius 1 is 1.38 bits per heavy atom. The van der Waals surface area contributed by atoms with Crippen molar-refractivity contribution in [3.05, 3.63) is 45.6 Å². The monoisotopic (exact) mass is 329 g/mol. The first kappa shape index (κ1) is 16.3. The molecule has 1 aliphatic heterocycles. The van der Waals surface area contributed by atoms with Crippen molar-refractivity contribution < 1.29 is 14.3 Å². The van der Waals surface area contributed by atoms with Crippen LogP contribution in [0.5, 0.6) is 0 Å². The summed E-state index contributed by atoms with van der Waals surface area (Å²) in [6.07, 6.45) is 4.10. The fourth-order valence-corrected chi connectivity index (χ4v) is 2.27. The van der Waals surface area contributed by atoms with E-state index in [9.17, 15) is 4.79 Å². The topological polar surface area (TPSA) is 61.6 Å². The van der Waals surface area contributed by atoms with E-state index in [1.54, 1.807) is 12.1 Å². The van der Waals surface area contributed by atoms with Gasteiger partial charge in [0, 0.05) is 23.9 Å². The van der Waals surface area contributed by atoms with Crippen LogP contribution in [-0.2, 0) is 9.47 Å². The molecule has 4 nitrogen and oxygen atoms in total. The van der Waals surface area contributed by atoms with Crippen LogP contribution >= 0.6 is 23.2 Å².